The molecule has 118 valence electrons. The summed E-state index contributed by atoms with van der Waals surface area (Å²) in [5.41, 5.74) is 2.17. The fourth-order valence-corrected chi connectivity index (χ4v) is 3.06. The highest BCUT2D eigenvalue weighted by atomic mass is 16.2. The number of imidazole rings is 1. The van der Waals surface area contributed by atoms with Crippen LogP contribution in [0.1, 0.15) is 42.4 Å². The molecule has 3 rings (SSSR count). The summed E-state index contributed by atoms with van der Waals surface area (Å²) in [5.74, 6) is 1.55. The maximum atomic E-state index is 12.4. The Hall–Kier alpha value is -2.11. The number of likely N-dealkylation sites (tertiary alicyclic amines) is 1. The van der Waals surface area contributed by atoms with Gasteiger partial charge in [0.05, 0.1) is 0 Å². The molecule has 2 aromatic rings. The third-order valence-corrected chi connectivity index (χ3v) is 4.35. The molecule has 1 N–H and O–H groups in total. The number of piperidine rings is 1. The first-order valence-corrected chi connectivity index (χ1v) is 7.91. The van der Waals surface area contributed by atoms with Crippen LogP contribution in [0.2, 0.25) is 0 Å². The molecule has 1 saturated heterocycles. The second-order valence-corrected chi connectivity index (χ2v) is 6.08. The normalized spacial score (nSPS) is 18.6. The molecule has 0 spiro atoms. The van der Waals surface area contributed by atoms with Crippen LogP contribution in [0.4, 0.5) is 0 Å². The molecule has 0 bridgehead atoms. The number of aryl methyl sites for hydroxylation is 3. The Labute approximate surface area is 130 Å². The number of aromatic amines is 1. The number of aromatic nitrogens is 4. The Kier molecular flexibility index (Phi) is 4.27. The van der Waals surface area contributed by atoms with E-state index in [4.69, 9.17) is 0 Å². The third kappa shape index (κ3) is 3.21. The van der Waals surface area contributed by atoms with Gasteiger partial charge in [-0.1, -0.05) is 0 Å². The number of amides is 1. The number of carbonyl (C=O) groups is 1. The van der Waals surface area contributed by atoms with Gasteiger partial charge in [0, 0.05) is 55.8 Å². The molecule has 6 heteroatoms. The number of nitrogens with one attached hydrogen (secondary N) is 1. The van der Waals surface area contributed by atoms with Crippen molar-refractivity contribution in [3.63, 3.8) is 0 Å². The fraction of sp³-hybridized carbons (Fsp3) is 0.562. The molecule has 0 radical (unpaired) electrons. The lowest BCUT2D eigenvalue weighted by Crippen LogP contribution is -2.39. The number of carbonyl (C=O) groups excluding carboxylic acids is 1. The Morgan fingerprint density at radius 1 is 1.45 bits per heavy atom. The monoisotopic (exact) mass is 301 g/mol. The second-order valence-electron chi connectivity index (χ2n) is 6.08. The van der Waals surface area contributed by atoms with Gasteiger partial charge < -0.3 is 9.88 Å². The molecule has 1 aliphatic rings. The van der Waals surface area contributed by atoms with E-state index in [1.807, 2.05) is 35.7 Å². The van der Waals surface area contributed by atoms with E-state index in [0.29, 0.717) is 18.9 Å². The van der Waals surface area contributed by atoms with Gasteiger partial charge in [0.1, 0.15) is 5.82 Å². The van der Waals surface area contributed by atoms with Crippen molar-refractivity contribution in [3.8, 4) is 0 Å². The van der Waals surface area contributed by atoms with E-state index in [1.54, 1.807) is 6.20 Å². The van der Waals surface area contributed by atoms with Crippen molar-refractivity contribution in [1.29, 1.82) is 0 Å². The number of nitrogens with zero attached hydrogens (tertiary/aromatic N) is 4. The average Bonchev–Trinajstić information content (AvgIpc) is 3.13. The van der Waals surface area contributed by atoms with Gasteiger partial charge in [0.2, 0.25) is 5.91 Å². The zero-order valence-corrected chi connectivity index (χ0v) is 13.2. The molecule has 0 unspecified atom stereocenters. The van der Waals surface area contributed by atoms with E-state index >= 15 is 0 Å². The van der Waals surface area contributed by atoms with Crippen LogP contribution in [0.5, 0.6) is 0 Å². The number of hydrogen-bond acceptors (Lipinski definition) is 3. The summed E-state index contributed by atoms with van der Waals surface area (Å²) in [6, 6.07) is 1.96. The van der Waals surface area contributed by atoms with Gasteiger partial charge in [-0.05, 0) is 32.8 Å². The molecule has 1 amide bonds. The summed E-state index contributed by atoms with van der Waals surface area (Å²) in [6.07, 6.45) is 6.27. The smallest absolute Gasteiger partial charge is 0.224 e. The van der Waals surface area contributed by atoms with Crippen molar-refractivity contribution in [2.45, 2.75) is 45.6 Å². The summed E-state index contributed by atoms with van der Waals surface area (Å²) in [5, 5.41) is 4.23. The molecule has 1 atom stereocenters. The fourth-order valence-electron chi connectivity index (χ4n) is 3.06. The molecule has 22 heavy (non-hydrogen) atoms. The molecule has 0 aromatic carbocycles. The number of hydrogen-bond donors (Lipinski definition) is 1. The molecule has 1 fully saturated rings. The maximum absolute atomic E-state index is 12.4. The van der Waals surface area contributed by atoms with Crippen LogP contribution < -0.4 is 0 Å². The Morgan fingerprint density at radius 3 is 3.00 bits per heavy atom. The minimum atomic E-state index is 0.211. The summed E-state index contributed by atoms with van der Waals surface area (Å²) in [4.78, 5) is 22.1. The lowest BCUT2D eigenvalue weighted by atomic mass is 9.97. The van der Waals surface area contributed by atoms with Crippen LogP contribution in [0.3, 0.4) is 0 Å². The van der Waals surface area contributed by atoms with Gasteiger partial charge in [-0.25, -0.2) is 4.98 Å². The molecular weight excluding hydrogens is 278 g/mol. The molecule has 6 nitrogen and oxygen atoms in total. The summed E-state index contributed by atoms with van der Waals surface area (Å²) < 4.78 is 1.88. The SMILES string of the molecule is Cc1cnc([C@H]2CCCN(C(=O)CCn3nccc3C)C2)[nH]1. The zero-order chi connectivity index (χ0) is 15.5. The highest BCUT2D eigenvalue weighted by molar-refractivity contribution is 5.76. The predicted octanol–water partition coefficient (Wildman–Crippen LogP) is 2.02. The first-order valence-electron chi connectivity index (χ1n) is 7.91. The Morgan fingerprint density at radius 2 is 2.32 bits per heavy atom. The zero-order valence-electron chi connectivity index (χ0n) is 13.2. The van der Waals surface area contributed by atoms with E-state index in [2.05, 4.69) is 15.1 Å². The molecule has 1 aliphatic heterocycles. The minimum absolute atomic E-state index is 0.211. The van der Waals surface area contributed by atoms with E-state index in [0.717, 1.165) is 43.1 Å². The summed E-state index contributed by atoms with van der Waals surface area (Å²) >= 11 is 0. The minimum Gasteiger partial charge on any atom is -0.346 e. The maximum Gasteiger partial charge on any atom is 0.224 e. The highest BCUT2D eigenvalue weighted by Crippen LogP contribution is 2.25. The topological polar surface area (TPSA) is 66.8 Å². The van der Waals surface area contributed by atoms with Crippen LogP contribution in [0.15, 0.2) is 18.5 Å². The van der Waals surface area contributed by atoms with Gasteiger partial charge in [-0.3, -0.25) is 9.48 Å². The average molecular weight is 301 g/mol. The predicted molar refractivity (Wildman–Crippen MR) is 83.5 cm³/mol. The van der Waals surface area contributed by atoms with Crippen LogP contribution >= 0.6 is 0 Å². The van der Waals surface area contributed by atoms with Gasteiger partial charge in [-0.15, -0.1) is 0 Å². The van der Waals surface area contributed by atoms with Crippen molar-refractivity contribution in [2.75, 3.05) is 13.1 Å². The lowest BCUT2D eigenvalue weighted by Gasteiger charge is -2.32. The van der Waals surface area contributed by atoms with E-state index in [-0.39, 0.29) is 5.91 Å². The Bertz CT molecular complexity index is 645. The largest absolute Gasteiger partial charge is 0.346 e. The van der Waals surface area contributed by atoms with E-state index in [9.17, 15) is 4.79 Å². The third-order valence-electron chi connectivity index (χ3n) is 4.35. The molecule has 0 saturated carbocycles. The van der Waals surface area contributed by atoms with E-state index in [1.165, 1.54) is 0 Å². The number of rotatable bonds is 4. The van der Waals surface area contributed by atoms with Gasteiger partial charge in [0.25, 0.3) is 0 Å². The van der Waals surface area contributed by atoms with Crippen molar-refractivity contribution in [1.82, 2.24) is 24.6 Å². The Balaban J connectivity index is 1.57. The van der Waals surface area contributed by atoms with Gasteiger partial charge >= 0.3 is 0 Å². The standard InChI is InChI=1S/C16H23N5O/c1-12-10-17-16(19-12)14-4-3-8-20(11-14)15(22)6-9-21-13(2)5-7-18-21/h5,7,10,14H,3-4,6,8-9,11H2,1-2H3,(H,17,19)/t14-/m0/s1. The van der Waals surface area contributed by atoms with Crippen molar-refractivity contribution >= 4 is 5.91 Å². The summed E-state index contributed by atoms with van der Waals surface area (Å²) in [6.45, 7) is 6.29. The quantitative estimate of drug-likeness (QED) is 0.939. The molecule has 3 heterocycles. The van der Waals surface area contributed by atoms with Gasteiger partial charge in [-0.2, -0.15) is 5.10 Å². The molecular formula is C16H23N5O. The van der Waals surface area contributed by atoms with Crippen LogP contribution in [0.25, 0.3) is 0 Å². The summed E-state index contributed by atoms with van der Waals surface area (Å²) in [7, 11) is 0. The first-order chi connectivity index (χ1) is 10.6. The molecule has 2 aromatic heterocycles. The first kappa shape index (κ1) is 14.8. The van der Waals surface area contributed by atoms with Crippen molar-refractivity contribution in [2.24, 2.45) is 0 Å². The molecule has 0 aliphatic carbocycles. The second kappa shape index (κ2) is 6.34. The van der Waals surface area contributed by atoms with Crippen molar-refractivity contribution < 1.29 is 4.79 Å². The highest BCUT2D eigenvalue weighted by Gasteiger charge is 2.26. The number of H-pyrrole nitrogens is 1. The van der Waals surface area contributed by atoms with Crippen LogP contribution in [0, 0.1) is 13.8 Å². The van der Waals surface area contributed by atoms with Crippen molar-refractivity contribution in [3.05, 3.63) is 35.7 Å². The van der Waals surface area contributed by atoms with E-state index < -0.39 is 0 Å². The lowest BCUT2D eigenvalue weighted by molar-refractivity contribution is -0.132. The van der Waals surface area contributed by atoms with Crippen LogP contribution in [-0.2, 0) is 11.3 Å². The van der Waals surface area contributed by atoms with Gasteiger partial charge in [0.15, 0.2) is 0 Å². The van der Waals surface area contributed by atoms with Crippen LogP contribution in [-0.4, -0.2) is 43.6 Å².